The fourth-order valence-corrected chi connectivity index (χ4v) is 2.02. The highest BCUT2D eigenvalue weighted by atomic mass is 35.5. The number of nitrogens with zero attached hydrogens (tertiary/aromatic N) is 3. The Morgan fingerprint density at radius 1 is 1.28 bits per heavy atom. The molecule has 0 aliphatic carbocycles. The van der Waals surface area contributed by atoms with Gasteiger partial charge in [-0.25, -0.2) is 4.99 Å². The topological polar surface area (TPSA) is 84.6 Å². The smallest absolute Gasteiger partial charge is 0.248 e. The molecule has 0 aliphatic rings. The number of hydrogen-bond acceptors (Lipinski definition) is 5. The van der Waals surface area contributed by atoms with Crippen molar-refractivity contribution >= 4 is 17.6 Å². The first kappa shape index (κ1) is 19.2. The van der Waals surface area contributed by atoms with E-state index >= 15 is 0 Å². The van der Waals surface area contributed by atoms with Gasteiger partial charge in [0.15, 0.2) is 5.96 Å². The average Bonchev–Trinajstić information content (AvgIpc) is 3.07. The molecular formula is C17H24ClN5O2. The molecule has 0 fully saturated rings. The van der Waals surface area contributed by atoms with Gasteiger partial charge in [-0.15, -0.1) is 0 Å². The van der Waals surface area contributed by atoms with E-state index in [1.807, 2.05) is 32.9 Å². The molecule has 0 bridgehead atoms. The van der Waals surface area contributed by atoms with E-state index in [2.05, 4.69) is 25.8 Å². The van der Waals surface area contributed by atoms with E-state index < -0.39 is 0 Å². The number of halogens is 1. The van der Waals surface area contributed by atoms with Gasteiger partial charge in [0.2, 0.25) is 11.7 Å². The normalized spacial score (nSPS) is 12.3. The molecule has 1 aromatic carbocycles. The standard InChI is InChI=1S/C17H24ClN5O2/c1-5-19-16(21-11-17(2,3)24-4)20-10-14-22-15(23-25-14)12-6-8-13(18)9-7-12/h6-9H,5,10-11H2,1-4H3,(H2,19,20,21). The first-order valence-corrected chi connectivity index (χ1v) is 8.47. The van der Waals surface area contributed by atoms with Crippen LogP contribution < -0.4 is 10.6 Å². The highest BCUT2D eigenvalue weighted by molar-refractivity contribution is 6.30. The molecule has 2 rings (SSSR count). The van der Waals surface area contributed by atoms with Crippen molar-refractivity contribution < 1.29 is 9.26 Å². The number of aromatic nitrogens is 2. The molecule has 0 aliphatic heterocycles. The molecule has 2 aromatic rings. The molecule has 0 atom stereocenters. The number of guanidine groups is 1. The zero-order valence-corrected chi connectivity index (χ0v) is 15.7. The summed E-state index contributed by atoms with van der Waals surface area (Å²) in [5, 5.41) is 11.1. The Labute approximate surface area is 152 Å². The van der Waals surface area contributed by atoms with Crippen molar-refractivity contribution in [3.05, 3.63) is 35.2 Å². The molecule has 0 saturated carbocycles. The lowest BCUT2D eigenvalue weighted by atomic mass is 10.1. The minimum absolute atomic E-state index is 0.281. The van der Waals surface area contributed by atoms with E-state index in [9.17, 15) is 0 Å². The monoisotopic (exact) mass is 365 g/mol. The Morgan fingerprint density at radius 2 is 2.00 bits per heavy atom. The van der Waals surface area contributed by atoms with Crippen LogP contribution in [0.5, 0.6) is 0 Å². The number of nitrogens with one attached hydrogen (secondary N) is 2. The summed E-state index contributed by atoms with van der Waals surface area (Å²) in [5.74, 6) is 1.62. The van der Waals surface area contributed by atoms with E-state index in [-0.39, 0.29) is 12.1 Å². The van der Waals surface area contributed by atoms with Crippen LogP contribution in [0.2, 0.25) is 5.02 Å². The van der Waals surface area contributed by atoms with Gasteiger partial charge in [0.25, 0.3) is 0 Å². The lowest BCUT2D eigenvalue weighted by Gasteiger charge is -2.24. The molecule has 0 amide bonds. The second-order valence-electron chi connectivity index (χ2n) is 6.03. The number of rotatable bonds is 7. The van der Waals surface area contributed by atoms with Crippen LogP contribution in [0.15, 0.2) is 33.8 Å². The summed E-state index contributed by atoms with van der Waals surface area (Å²) in [6.45, 7) is 7.65. The quantitative estimate of drug-likeness (QED) is 0.579. The molecular weight excluding hydrogens is 342 g/mol. The van der Waals surface area contributed by atoms with Gasteiger partial charge in [0.05, 0.1) is 5.60 Å². The van der Waals surface area contributed by atoms with Gasteiger partial charge in [-0.2, -0.15) is 4.98 Å². The molecule has 136 valence electrons. The number of aliphatic imine (C=N–C) groups is 1. The van der Waals surface area contributed by atoms with Crippen molar-refractivity contribution in [1.29, 1.82) is 0 Å². The molecule has 2 N–H and O–H groups in total. The molecule has 7 nitrogen and oxygen atoms in total. The fourth-order valence-electron chi connectivity index (χ4n) is 1.89. The summed E-state index contributed by atoms with van der Waals surface area (Å²) in [7, 11) is 1.68. The number of ether oxygens (including phenoxy) is 1. The van der Waals surface area contributed by atoms with E-state index in [0.717, 1.165) is 12.1 Å². The van der Waals surface area contributed by atoms with Crippen molar-refractivity contribution in [3.8, 4) is 11.4 Å². The minimum Gasteiger partial charge on any atom is -0.377 e. The Bertz CT molecular complexity index is 697. The van der Waals surface area contributed by atoms with Crippen molar-refractivity contribution in [3.63, 3.8) is 0 Å². The van der Waals surface area contributed by atoms with Crippen molar-refractivity contribution in [2.24, 2.45) is 4.99 Å². The maximum Gasteiger partial charge on any atom is 0.248 e. The van der Waals surface area contributed by atoms with Crippen LogP contribution in [0.1, 0.15) is 26.7 Å². The van der Waals surface area contributed by atoms with Gasteiger partial charge < -0.3 is 19.9 Å². The fraction of sp³-hybridized carbons (Fsp3) is 0.471. The lowest BCUT2D eigenvalue weighted by Crippen LogP contribution is -2.45. The van der Waals surface area contributed by atoms with E-state index in [1.54, 1.807) is 19.2 Å². The Balaban J connectivity index is 2.01. The molecule has 8 heteroatoms. The Kier molecular flexibility index (Phi) is 6.78. The highest BCUT2D eigenvalue weighted by Gasteiger charge is 2.16. The minimum atomic E-state index is -0.289. The van der Waals surface area contributed by atoms with Crippen molar-refractivity contribution in [2.75, 3.05) is 20.2 Å². The molecule has 0 saturated heterocycles. The van der Waals surface area contributed by atoms with Crippen molar-refractivity contribution in [1.82, 2.24) is 20.8 Å². The van der Waals surface area contributed by atoms with Crippen LogP contribution in [0.25, 0.3) is 11.4 Å². The first-order chi connectivity index (χ1) is 11.9. The zero-order valence-electron chi connectivity index (χ0n) is 15.0. The molecule has 1 heterocycles. The van der Waals surface area contributed by atoms with Crippen LogP contribution >= 0.6 is 11.6 Å². The maximum atomic E-state index is 5.89. The molecule has 25 heavy (non-hydrogen) atoms. The van der Waals surface area contributed by atoms with Crippen LogP contribution in [0.3, 0.4) is 0 Å². The number of methoxy groups -OCH3 is 1. The largest absolute Gasteiger partial charge is 0.377 e. The summed E-state index contributed by atoms with van der Waals surface area (Å²) < 4.78 is 10.7. The Morgan fingerprint density at radius 3 is 2.64 bits per heavy atom. The first-order valence-electron chi connectivity index (χ1n) is 8.09. The second-order valence-corrected chi connectivity index (χ2v) is 6.47. The van der Waals surface area contributed by atoms with E-state index in [0.29, 0.717) is 29.2 Å². The van der Waals surface area contributed by atoms with Crippen molar-refractivity contribution in [2.45, 2.75) is 32.9 Å². The predicted octanol–water partition coefficient (Wildman–Crippen LogP) is 2.87. The maximum absolute atomic E-state index is 5.89. The predicted molar refractivity (Wildman–Crippen MR) is 98.7 cm³/mol. The van der Waals surface area contributed by atoms with Gasteiger partial charge in [-0.05, 0) is 45.0 Å². The SMILES string of the molecule is CCNC(=NCc1nc(-c2ccc(Cl)cc2)no1)NCC(C)(C)OC. The van der Waals surface area contributed by atoms with Gasteiger partial charge in [-0.1, -0.05) is 16.8 Å². The number of benzene rings is 1. The second kappa shape index (κ2) is 8.82. The summed E-state index contributed by atoms with van der Waals surface area (Å²) in [5.41, 5.74) is 0.554. The third kappa shape index (κ3) is 6.03. The van der Waals surface area contributed by atoms with Gasteiger partial charge in [0, 0.05) is 30.8 Å². The molecule has 0 spiro atoms. The van der Waals surface area contributed by atoms with E-state index in [4.69, 9.17) is 20.9 Å². The van der Waals surface area contributed by atoms with Gasteiger partial charge in [-0.3, -0.25) is 0 Å². The third-order valence-electron chi connectivity index (χ3n) is 3.52. The van der Waals surface area contributed by atoms with Gasteiger partial charge >= 0.3 is 0 Å². The average molecular weight is 366 g/mol. The highest BCUT2D eigenvalue weighted by Crippen LogP contribution is 2.18. The Hall–Kier alpha value is -2.12. The number of hydrogen-bond donors (Lipinski definition) is 2. The third-order valence-corrected chi connectivity index (χ3v) is 3.77. The summed E-state index contributed by atoms with van der Waals surface area (Å²) >= 11 is 5.89. The lowest BCUT2D eigenvalue weighted by molar-refractivity contribution is 0.0268. The van der Waals surface area contributed by atoms with Crippen LogP contribution in [-0.2, 0) is 11.3 Å². The molecule has 0 radical (unpaired) electrons. The summed E-state index contributed by atoms with van der Waals surface area (Å²) in [4.78, 5) is 8.82. The molecule has 0 unspecified atom stereocenters. The summed E-state index contributed by atoms with van der Waals surface area (Å²) in [6.07, 6.45) is 0. The van der Waals surface area contributed by atoms with Crippen LogP contribution in [-0.4, -0.2) is 41.9 Å². The van der Waals surface area contributed by atoms with Crippen LogP contribution in [0.4, 0.5) is 0 Å². The zero-order chi connectivity index (χ0) is 18.3. The van der Waals surface area contributed by atoms with E-state index in [1.165, 1.54) is 0 Å². The molecule has 1 aromatic heterocycles. The van der Waals surface area contributed by atoms with Crippen LogP contribution in [0, 0.1) is 0 Å². The summed E-state index contributed by atoms with van der Waals surface area (Å²) in [6, 6.07) is 7.27. The van der Waals surface area contributed by atoms with Gasteiger partial charge in [0.1, 0.15) is 6.54 Å².